The van der Waals surface area contributed by atoms with Crippen LogP contribution in [0.2, 0.25) is 0 Å². The number of esters is 1. The largest absolute Gasteiger partial charge is 0.484 e. The van der Waals surface area contributed by atoms with Crippen LogP contribution < -0.4 is 21.2 Å². The first-order valence-corrected chi connectivity index (χ1v) is 11.2. The van der Waals surface area contributed by atoms with E-state index in [4.69, 9.17) is 15.2 Å². The van der Waals surface area contributed by atoms with Gasteiger partial charge in [-0.05, 0) is 68.0 Å². The molecule has 0 saturated heterocycles. The number of hydrogen-bond donors (Lipinski definition) is 3. The maximum Gasteiger partial charge on any atom is 0.341 e. The van der Waals surface area contributed by atoms with Crippen molar-refractivity contribution in [3.05, 3.63) is 45.8 Å². The summed E-state index contributed by atoms with van der Waals surface area (Å²) in [6, 6.07) is 6.50. The second kappa shape index (κ2) is 11.2. The molecule has 1 aromatic heterocycles. The molecule has 0 bridgehead atoms. The maximum atomic E-state index is 12.5. The topological polar surface area (TPSA) is 149 Å². The highest BCUT2D eigenvalue weighted by molar-refractivity contribution is 7.17. The molecule has 0 unspecified atom stereocenters. The lowest BCUT2D eigenvalue weighted by Gasteiger charge is -2.12. The summed E-state index contributed by atoms with van der Waals surface area (Å²) in [6.45, 7) is 1.69. The molecular formula is C22H24N4O6S. The van der Waals surface area contributed by atoms with Gasteiger partial charge in [0.2, 0.25) is 0 Å². The standard InChI is InChI=1S/C22H24N4O6S/c1-2-31-22(30)18-15-5-3-4-6-16(15)33-21(18)25-19(28)20(29)26-24-11-13-7-9-14(10-8-13)32-12-17(23)27/h7-11H,2-6,12H2,1H3,(H2,23,27)(H,25,28)(H,26,29)/b24-11+. The van der Waals surface area contributed by atoms with Crippen molar-refractivity contribution in [2.45, 2.75) is 32.6 Å². The molecule has 0 fully saturated rings. The van der Waals surface area contributed by atoms with Gasteiger partial charge in [0.25, 0.3) is 5.91 Å². The first kappa shape index (κ1) is 23.9. The summed E-state index contributed by atoms with van der Waals surface area (Å²) >= 11 is 1.30. The average Bonchev–Trinajstić information content (AvgIpc) is 3.16. The van der Waals surface area contributed by atoms with E-state index in [0.29, 0.717) is 21.9 Å². The van der Waals surface area contributed by atoms with Crippen molar-refractivity contribution in [3.8, 4) is 5.75 Å². The SMILES string of the molecule is CCOC(=O)c1c(NC(=O)C(=O)N/N=C/c2ccc(OCC(N)=O)cc2)sc2c1CCCC2. The molecular weight excluding hydrogens is 448 g/mol. The number of rotatable bonds is 8. The van der Waals surface area contributed by atoms with Gasteiger partial charge in [0.15, 0.2) is 6.61 Å². The quantitative estimate of drug-likeness (QED) is 0.231. The van der Waals surface area contributed by atoms with Gasteiger partial charge >= 0.3 is 17.8 Å². The number of nitrogens with zero attached hydrogens (tertiary/aromatic N) is 1. The van der Waals surface area contributed by atoms with E-state index in [1.165, 1.54) is 17.6 Å². The molecule has 1 aromatic carbocycles. The predicted octanol–water partition coefficient (Wildman–Crippen LogP) is 1.76. The lowest BCUT2D eigenvalue weighted by Crippen LogP contribution is -2.32. The van der Waals surface area contributed by atoms with E-state index in [-0.39, 0.29) is 13.2 Å². The van der Waals surface area contributed by atoms with E-state index in [2.05, 4.69) is 15.8 Å². The highest BCUT2D eigenvalue weighted by Crippen LogP contribution is 2.38. The van der Waals surface area contributed by atoms with Crippen molar-refractivity contribution in [2.75, 3.05) is 18.5 Å². The van der Waals surface area contributed by atoms with E-state index in [0.717, 1.165) is 36.1 Å². The third kappa shape index (κ3) is 6.39. The monoisotopic (exact) mass is 472 g/mol. The second-order valence-electron chi connectivity index (χ2n) is 7.11. The van der Waals surface area contributed by atoms with Crippen LogP contribution in [0.4, 0.5) is 5.00 Å². The Kier molecular flexibility index (Phi) is 8.14. The van der Waals surface area contributed by atoms with Gasteiger partial charge < -0.3 is 20.5 Å². The van der Waals surface area contributed by atoms with Crippen molar-refractivity contribution in [2.24, 2.45) is 10.8 Å². The van der Waals surface area contributed by atoms with Gasteiger partial charge in [-0.3, -0.25) is 14.4 Å². The zero-order valence-corrected chi connectivity index (χ0v) is 18.8. The molecule has 0 aliphatic heterocycles. The van der Waals surface area contributed by atoms with Crippen LogP contribution in [0.15, 0.2) is 29.4 Å². The summed E-state index contributed by atoms with van der Waals surface area (Å²) in [4.78, 5) is 48.8. The number of hydrogen-bond acceptors (Lipinski definition) is 8. The van der Waals surface area contributed by atoms with Crippen LogP contribution in [0.3, 0.4) is 0 Å². The van der Waals surface area contributed by atoms with E-state index < -0.39 is 23.7 Å². The molecule has 2 aromatic rings. The normalized spacial score (nSPS) is 12.6. The summed E-state index contributed by atoms with van der Waals surface area (Å²) in [6.07, 6.45) is 4.87. The van der Waals surface area contributed by atoms with Crippen molar-refractivity contribution in [1.82, 2.24) is 5.43 Å². The molecule has 1 aliphatic carbocycles. The average molecular weight is 473 g/mol. The van der Waals surface area contributed by atoms with E-state index >= 15 is 0 Å². The molecule has 0 radical (unpaired) electrons. The van der Waals surface area contributed by atoms with Gasteiger partial charge in [-0.2, -0.15) is 5.10 Å². The lowest BCUT2D eigenvalue weighted by molar-refractivity contribution is -0.136. The van der Waals surface area contributed by atoms with Gasteiger partial charge in [-0.15, -0.1) is 11.3 Å². The minimum Gasteiger partial charge on any atom is -0.484 e. The first-order chi connectivity index (χ1) is 15.9. The Labute approximate surface area is 194 Å². The number of carbonyl (C=O) groups is 4. The molecule has 4 N–H and O–H groups in total. The summed E-state index contributed by atoms with van der Waals surface area (Å²) in [5.74, 6) is -2.56. The Balaban J connectivity index is 1.61. The zero-order chi connectivity index (χ0) is 23.8. The number of hydrazone groups is 1. The second-order valence-corrected chi connectivity index (χ2v) is 8.22. The Bertz CT molecular complexity index is 1080. The number of nitrogens with two attached hydrogens (primary N) is 1. The van der Waals surface area contributed by atoms with Crippen molar-refractivity contribution >= 4 is 46.2 Å². The number of ether oxygens (including phenoxy) is 2. The zero-order valence-electron chi connectivity index (χ0n) is 18.0. The number of amides is 3. The van der Waals surface area contributed by atoms with E-state index in [1.54, 1.807) is 31.2 Å². The Hall–Kier alpha value is -3.73. The lowest BCUT2D eigenvalue weighted by atomic mass is 9.95. The number of aryl methyl sites for hydroxylation is 1. The van der Waals surface area contributed by atoms with Gasteiger partial charge in [0.05, 0.1) is 18.4 Å². The van der Waals surface area contributed by atoms with Crippen LogP contribution in [0.25, 0.3) is 0 Å². The third-order valence-corrected chi connectivity index (χ3v) is 5.93. The minimum absolute atomic E-state index is 0.213. The number of nitrogens with one attached hydrogen (secondary N) is 2. The van der Waals surface area contributed by atoms with Gasteiger partial charge in [0, 0.05) is 4.88 Å². The first-order valence-electron chi connectivity index (χ1n) is 10.4. The Morgan fingerprint density at radius 3 is 2.55 bits per heavy atom. The van der Waals surface area contributed by atoms with Crippen molar-refractivity contribution in [3.63, 3.8) is 0 Å². The number of primary amides is 1. The minimum atomic E-state index is -0.978. The predicted molar refractivity (Wildman–Crippen MR) is 122 cm³/mol. The third-order valence-electron chi connectivity index (χ3n) is 4.73. The van der Waals surface area contributed by atoms with Crippen LogP contribution in [-0.2, 0) is 32.0 Å². The molecule has 33 heavy (non-hydrogen) atoms. The maximum absolute atomic E-state index is 12.5. The van der Waals surface area contributed by atoms with Crippen LogP contribution in [0.1, 0.15) is 46.1 Å². The molecule has 0 saturated carbocycles. The highest BCUT2D eigenvalue weighted by Gasteiger charge is 2.28. The molecule has 11 heteroatoms. The molecule has 3 amide bonds. The number of anilines is 1. The summed E-state index contributed by atoms with van der Waals surface area (Å²) < 4.78 is 10.3. The van der Waals surface area contributed by atoms with E-state index in [1.807, 2.05) is 0 Å². The molecule has 0 spiro atoms. The van der Waals surface area contributed by atoms with Gasteiger partial charge in [0.1, 0.15) is 10.8 Å². The molecule has 10 nitrogen and oxygen atoms in total. The van der Waals surface area contributed by atoms with E-state index in [9.17, 15) is 19.2 Å². The molecule has 1 heterocycles. The van der Waals surface area contributed by atoms with Crippen molar-refractivity contribution < 1.29 is 28.7 Å². The van der Waals surface area contributed by atoms with Gasteiger partial charge in [-0.1, -0.05) is 0 Å². The fraction of sp³-hybridized carbons (Fsp3) is 0.318. The van der Waals surface area contributed by atoms with Crippen LogP contribution in [0.5, 0.6) is 5.75 Å². The summed E-state index contributed by atoms with van der Waals surface area (Å²) in [7, 11) is 0. The highest BCUT2D eigenvalue weighted by atomic mass is 32.1. The smallest absolute Gasteiger partial charge is 0.341 e. The fourth-order valence-corrected chi connectivity index (χ4v) is 4.53. The van der Waals surface area contributed by atoms with Gasteiger partial charge in [-0.25, -0.2) is 10.2 Å². The molecule has 174 valence electrons. The number of thiophene rings is 1. The molecule has 1 aliphatic rings. The van der Waals surface area contributed by atoms with Crippen LogP contribution >= 0.6 is 11.3 Å². The Morgan fingerprint density at radius 1 is 1.12 bits per heavy atom. The Morgan fingerprint density at radius 2 is 1.85 bits per heavy atom. The number of carbonyl (C=O) groups excluding carboxylic acids is 4. The molecule has 3 rings (SSSR count). The molecule has 0 atom stereocenters. The van der Waals surface area contributed by atoms with Crippen LogP contribution in [-0.4, -0.2) is 43.1 Å². The number of benzene rings is 1. The summed E-state index contributed by atoms with van der Waals surface area (Å²) in [5.41, 5.74) is 9.02. The fourth-order valence-electron chi connectivity index (χ4n) is 3.25. The van der Waals surface area contributed by atoms with Crippen molar-refractivity contribution in [1.29, 1.82) is 0 Å². The summed E-state index contributed by atoms with van der Waals surface area (Å²) in [5, 5.41) is 6.61. The van der Waals surface area contributed by atoms with Crippen LogP contribution in [0, 0.1) is 0 Å². The number of fused-ring (bicyclic) bond motifs is 1.